The number of nitro groups is 1. The fourth-order valence-corrected chi connectivity index (χ4v) is 2.46. The number of amides is 1. The molecule has 0 spiro atoms. The molecule has 1 aromatic rings. The summed E-state index contributed by atoms with van der Waals surface area (Å²) in [6, 6.07) is 1.57. The van der Waals surface area contributed by atoms with E-state index in [2.05, 4.69) is 4.98 Å². The molecule has 0 N–H and O–H groups in total. The fourth-order valence-electron chi connectivity index (χ4n) is 2.46. The molecule has 0 bridgehead atoms. The average Bonchev–Trinajstić information content (AvgIpc) is 2.54. The van der Waals surface area contributed by atoms with Crippen LogP contribution in [0.2, 0.25) is 0 Å². The molecule has 26 heavy (non-hydrogen) atoms. The SMILES string of the molecule is CC(C)CCOC(=O)C(C)N1C(=O)C(C)(C)Oc2ccc([N+](=O)[O-])nc21. The molecular weight excluding hydrogens is 342 g/mol. The van der Waals surface area contributed by atoms with E-state index >= 15 is 0 Å². The van der Waals surface area contributed by atoms with Crippen LogP contribution in [-0.4, -0.2) is 40.0 Å². The van der Waals surface area contributed by atoms with E-state index in [0.717, 1.165) is 4.90 Å². The maximum absolute atomic E-state index is 12.8. The average molecular weight is 365 g/mol. The summed E-state index contributed by atoms with van der Waals surface area (Å²) in [5.74, 6) is -1.06. The Bertz CT molecular complexity index is 731. The maximum atomic E-state index is 12.8. The topological polar surface area (TPSA) is 112 Å². The first kappa shape index (κ1) is 19.6. The van der Waals surface area contributed by atoms with Crippen LogP contribution in [0.3, 0.4) is 0 Å². The largest absolute Gasteiger partial charge is 0.472 e. The van der Waals surface area contributed by atoms with Gasteiger partial charge in [-0.05, 0) is 49.1 Å². The minimum absolute atomic E-state index is 0.0585. The van der Waals surface area contributed by atoms with Crippen LogP contribution in [0.4, 0.5) is 11.6 Å². The van der Waals surface area contributed by atoms with Crippen molar-refractivity contribution < 1.29 is 24.0 Å². The van der Waals surface area contributed by atoms with Crippen molar-refractivity contribution in [3.63, 3.8) is 0 Å². The van der Waals surface area contributed by atoms with Crippen LogP contribution in [-0.2, 0) is 14.3 Å². The predicted octanol–water partition coefficient (Wildman–Crippen LogP) is 2.47. The first-order valence-corrected chi connectivity index (χ1v) is 8.39. The van der Waals surface area contributed by atoms with Gasteiger partial charge in [0.2, 0.25) is 0 Å². The molecule has 1 aliphatic heterocycles. The van der Waals surface area contributed by atoms with E-state index in [9.17, 15) is 19.7 Å². The standard InChI is InChI=1S/C17H23N3O6/c1-10(2)8-9-25-15(21)11(3)19-14-12(26-17(4,5)16(19)22)6-7-13(18-14)20(23)24/h6-7,10-11H,8-9H2,1-5H3. The summed E-state index contributed by atoms with van der Waals surface area (Å²) in [6.07, 6.45) is 0.696. The second-order valence-corrected chi connectivity index (χ2v) is 7.06. The molecule has 1 atom stereocenters. The van der Waals surface area contributed by atoms with Crippen LogP contribution in [0.15, 0.2) is 12.1 Å². The lowest BCUT2D eigenvalue weighted by atomic mass is 10.0. The fraction of sp³-hybridized carbons (Fsp3) is 0.588. The highest BCUT2D eigenvalue weighted by molar-refractivity contribution is 6.05. The zero-order chi connectivity index (χ0) is 19.6. The van der Waals surface area contributed by atoms with Crippen LogP contribution >= 0.6 is 0 Å². The third kappa shape index (κ3) is 3.92. The summed E-state index contributed by atoms with van der Waals surface area (Å²) in [5, 5.41) is 11.0. The first-order valence-electron chi connectivity index (χ1n) is 8.39. The van der Waals surface area contributed by atoms with E-state index in [0.29, 0.717) is 12.3 Å². The van der Waals surface area contributed by atoms with Gasteiger partial charge in [0.1, 0.15) is 6.04 Å². The van der Waals surface area contributed by atoms with E-state index in [-0.39, 0.29) is 18.2 Å². The zero-order valence-electron chi connectivity index (χ0n) is 15.5. The number of aromatic nitrogens is 1. The Morgan fingerprint density at radius 1 is 1.38 bits per heavy atom. The highest BCUT2D eigenvalue weighted by Crippen LogP contribution is 2.38. The van der Waals surface area contributed by atoms with Gasteiger partial charge in [-0.2, -0.15) is 0 Å². The van der Waals surface area contributed by atoms with Crippen molar-refractivity contribution in [2.45, 2.75) is 52.7 Å². The number of nitrogens with zero attached hydrogens (tertiary/aromatic N) is 3. The Labute approximate surface area is 151 Å². The van der Waals surface area contributed by atoms with Crippen molar-refractivity contribution >= 4 is 23.5 Å². The number of hydrogen-bond acceptors (Lipinski definition) is 7. The van der Waals surface area contributed by atoms with E-state index in [1.165, 1.54) is 19.1 Å². The molecule has 1 amide bonds. The van der Waals surface area contributed by atoms with Crippen LogP contribution < -0.4 is 9.64 Å². The second-order valence-electron chi connectivity index (χ2n) is 7.06. The van der Waals surface area contributed by atoms with Gasteiger partial charge in [0.25, 0.3) is 11.7 Å². The number of rotatable bonds is 6. The van der Waals surface area contributed by atoms with Crippen molar-refractivity contribution in [2.75, 3.05) is 11.5 Å². The molecule has 0 radical (unpaired) electrons. The molecule has 0 saturated carbocycles. The van der Waals surface area contributed by atoms with E-state index < -0.39 is 34.3 Å². The summed E-state index contributed by atoms with van der Waals surface area (Å²) in [5.41, 5.74) is -1.24. The lowest BCUT2D eigenvalue weighted by molar-refractivity contribution is -0.389. The Morgan fingerprint density at radius 2 is 2.04 bits per heavy atom. The summed E-state index contributed by atoms with van der Waals surface area (Å²) in [7, 11) is 0. The molecule has 2 heterocycles. The van der Waals surface area contributed by atoms with Crippen molar-refractivity contribution in [1.29, 1.82) is 0 Å². The van der Waals surface area contributed by atoms with Gasteiger partial charge in [0.05, 0.1) is 6.61 Å². The van der Waals surface area contributed by atoms with Gasteiger partial charge in [0, 0.05) is 6.07 Å². The molecule has 2 rings (SSSR count). The summed E-state index contributed by atoms with van der Waals surface area (Å²) >= 11 is 0. The Hall–Kier alpha value is -2.71. The Morgan fingerprint density at radius 3 is 2.62 bits per heavy atom. The summed E-state index contributed by atoms with van der Waals surface area (Å²) in [4.78, 5) is 40.5. The molecule has 0 aliphatic carbocycles. The second kappa shape index (κ2) is 7.27. The van der Waals surface area contributed by atoms with E-state index in [4.69, 9.17) is 9.47 Å². The van der Waals surface area contributed by atoms with Crippen molar-refractivity contribution in [3.8, 4) is 5.75 Å². The number of carbonyl (C=O) groups is 2. The third-order valence-electron chi connectivity index (χ3n) is 4.01. The lowest BCUT2D eigenvalue weighted by Gasteiger charge is -2.37. The number of pyridine rings is 1. The van der Waals surface area contributed by atoms with E-state index in [1.807, 2.05) is 13.8 Å². The van der Waals surface area contributed by atoms with Crippen molar-refractivity contribution in [2.24, 2.45) is 5.92 Å². The minimum atomic E-state index is -1.24. The van der Waals surface area contributed by atoms with Gasteiger partial charge in [-0.15, -0.1) is 0 Å². The van der Waals surface area contributed by atoms with Gasteiger partial charge in [-0.1, -0.05) is 13.8 Å². The molecule has 1 aromatic heterocycles. The molecule has 9 nitrogen and oxygen atoms in total. The Kier molecular flexibility index (Phi) is 5.48. The number of fused-ring (bicyclic) bond motifs is 1. The monoisotopic (exact) mass is 365 g/mol. The number of ether oxygens (including phenoxy) is 2. The minimum Gasteiger partial charge on any atom is -0.472 e. The molecule has 0 fully saturated rings. The highest BCUT2D eigenvalue weighted by atomic mass is 16.6. The lowest BCUT2D eigenvalue weighted by Crippen LogP contribution is -2.57. The van der Waals surface area contributed by atoms with Gasteiger partial charge in [-0.3, -0.25) is 9.69 Å². The van der Waals surface area contributed by atoms with Crippen LogP contribution in [0.25, 0.3) is 0 Å². The molecule has 9 heteroatoms. The number of anilines is 1. The molecule has 1 aliphatic rings. The number of carbonyl (C=O) groups excluding carboxylic acids is 2. The molecule has 0 aromatic carbocycles. The maximum Gasteiger partial charge on any atom is 0.366 e. The predicted molar refractivity (Wildman–Crippen MR) is 93.0 cm³/mol. The smallest absolute Gasteiger partial charge is 0.366 e. The normalized spacial score (nSPS) is 16.7. The number of hydrogen-bond donors (Lipinski definition) is 0. The van der Waals surface area contributed by atoms with Gasteiger partial charge in [0.15, 0.2) is 11.4 Å². The molecule has 1 unspecified atom stereocenters. The van der Waals surface area contributed by atoms with Crippen LogP contribution in [0.1, 0.15) is 41.0 Å². The van der Waals surface area contributed by atoms with Gasteiger partial charge >= 0.3 is 11.8 Å². The molecular formula is C17H23N3O6. The zero-order valence-corrected chi connectivity index (χ0v) is 15.5. The molecule has 142 valence electrons. The number of esters is 1. The molecule has 0 saturated heterocycles. The van der Waals surface area contributed by atoms with Crippen LogP contribution in [0.5, 0.6) is 5.75 Å². The van der Waals surface area contributed by atoms with Crippen molar-refractivity contribution in [1.82, 2.24) is 4.98 Å². The van der Waals surface area contributed by atoms with Gasteiger partial charge < -0.3 is 19.6 Å². The quantitative estimate of drug-likeness (QED) is 0.432. The first-order chi connectivity index (χ1) is 12.0. The highest BCUT2D eigenvalue weighted by Gasteiger charge is 2.48. The third-order valence-corrected chi connectivity index (χ3v) is 4.01. The summed E-state index contributed by atoms with van der Waals surface area (Å²) in [6.45, 7) is 8.86. The summed E-state index contributed by atoms with van der Waals surface area (Å²) < 4.78 is 10.9. The van der Waals surface area contributed by atoms with Gasteiger partial charge in [-0.25, -0.2) is 4.79 Å². The van der Waals surface area contributed by atoms with Crippen LogP contribution in [0, 0.1) is 16.0 Å². The van der Waals surface area contributed by atoms with E-state index in [1.54, 1.807) is 13.8 Å². The van der Waals surface area contributed by atoms with Crippen molar-refractivity contribution in [3.05, 3.63) is 22.2 Å². The Balaban J connectivity index is 2.36.